The Morgan fingerprint density at radius 1 is 1.13 bits per heavy atom. The number of aromatic nitrogens is 6. The van der Waals surface area contributed by atoms with E-state index >= 15 is 4.39 Å². The van der Waals surface area contributed by atoms with Crippen LogP contribution in [0.15, 0.2) is 29.3 Å². The van der Waals surface area contributed by atoms with E-state index in [0.717, 1.165) is 12.3 Å². The van der Waals surface area contributed by atoms with Gasteiger partial charge in [-0.25, -0.2) is 31.4 Å². The molecule has 5 rings (SSSR count). The Labute approximate surface area is 260 Å². The molecule has 3 aromatic rings. The lowest BCUT2D eigenvalue weighted by molar-refractivity contribution is -0.121. The standard InChI is InChI=1S/C27H28ClF7N8O3/c28-19-7-15(23(44)40-39-19)18(8-20(29)30)43-12-16(22(31)41-43)37-25(46)21(14-1-4-26(32,33)5-2-14)38-24(45)17-3-6-36-42(17)11-13-9-27(34,35)10-13/h3,6-7,12-14,18,20-21H,1-2,4-5,8-11H2,(H,37,46)(H,38,45)(H,40,44). The van der Waals surface area contributed by atoms with E-state index in [4.69, 9.17) is 11.6 Å². The first-order valence-corrected chi connectivity index (χ1v) is 14.7. The lowest BCUT2D eigenvalue weighted by atomic mass is 9.81. The molecule has 0 spiro atoms. The minimum atomic E-state index is -2.98. The average Bonchev–Trinajstić information content (AvgIpc) is 3.57. The molecule has 0 aliphatic heterocycles. The predicted molar refractivity (Wildman–Crippen MR) is 147 cm³/mol. The highest BCUT2D eigenvalue weighted by Crippen LogP contribution is 2.43. The monoisotopic (exact) mass is 680 g/mol. The quantitative estimate of drug-likeness (QED) is 0.249. The minimum absolute atomic E-state index is 0.00750. The zero-order valence-electron chi connectivity index (χ0n) is 23.8. The van der Waals surface area contributed by atoms with E-state index in [2.05, 4.69) is 25.9 Å². The van der Waals surface area contributed by atoms with Gasteiger partial charge in [0, 0.05) is 50.4 Å². The van der Waals surface area contributed by atoms with Gasteiger partial charge in [0.2, 0.25) is 24.2 Å². The summed E-state index contributed by atoms with van der Waals surface area (Å²) in [6, 6.07) is -0.690. The van der Waals surface area contributed by atoms with Crippen molar-refractivity contribution in [2.24, 2.45) is 11.8 Å². The molecule has 2 unspecified atom stereocenters. The van der Waals surface area contributed by atoms with Crippen LogP contribution in [0, 0.1) is 17.8 Å². The van der Waals surface area contributed by atoms with Crippen LogP contribution in [0.5, 0.6) is 0 Å². The molecule has 2 amide bonds. The van der Waals surface area contributed by atoms with Gasteiger partial charge in [0.15, 0.2) is 0 Å². The van der Waals surface area contributed by atoms with Crippen LogP contribution in [0.2, 0.25) is 5.15 Å². The summed E-state index contributed by atoms with van der Waals surface area (Å²) in [6.07, 6.45) is -4.08. The number of halogens is 8. The molecule has 0 saturated heterocycles. The number of nitrogens with one attached hydrogen (secondary N) is 3. The summed E-state index contributed by atoms with van der Waals surface area (Å²) in [5, 5.41) is 17.6. The highest BCUT2D eigenvalue weighted by atomic mass is 35.5. The first-order chi connectivity index (χ1) is 21.6. The second kappa shape index (κ2) is 13.0. The molecule has 11 nitrogen and oxygen atoms in total. The summed E-state index contributed by atoms with van der Waals surface area (Å²) in [5.41, 5.74) is -1.86. The summed E-state index contributed by atoms with van der Waals surface area (Å²) in [4.78, 5) is 39.1. The normalized spacial score (nSPS) is 19.4. The number of hydrogen-bond donors (Lipinski definition) is 3. The van der Waals surface area contributed by atoms with Gasteiger partial charge in [-0.2, -0.15) is 14.6 Å². The van der Waals surface area contributed by atoms with Crippen molar-refractivity contribution in [3.63, 3.8) is 0 Å². The molecule has 250 valence electrons. The first kappa shape index (κ1) is 33.4. The third-order valence-corrected chi connectivity index (χ3v) is 8.38. The summed E-state index contributed by atoms with van der Waals surface area (Å²) in [5.74, 6) is -10.2. The summed E-state index contributed by atoms with van der Waals surface area (Å²) in [6.45, 7) is 0.00750. The Kier molecular flexibility index (Phi) is 9.47. The van der Waals surface area contributed by atoms with Crippen molar-refractivity contribution in [3.05, 3.63) is 57.2 Å². The Hall–Kier alpha value is -3.96. The predicted octanol–water partition coefficient (Wildman–Crippen LogP) is 4.81. The van der Waals surface area contributed by atoms with E-state index in [0.29, 0.717) is 4.68 Å². The van der Waals surface area contributed by atoms with Gasteiger partial charge in [-0.05, 0) is 36.8 Å². The maximum atomic E-state index is 15.0. The highest BCUT2D eigenvalue weighted by molar-refractivity contribution is 6.29. The van der Waals surface area contributed by atoms with Crippen LogP contribution in [-0.2, 0) is 11.3 Å². The SMILES string of the molecule is O=C(NC(C(=O)Nc1cn(C(CC(F)F)c2cc(Cl)n[nH]c2=O)nc1F)C1CCC(F)(F)CC1)c1ccnn1CC1CC(F)(F)C1. The molecule has 0 bridgehead atoms. The van der Waals surface area contributed by atoms with Crippen LogP contribution in [0.3, 0.4) is 0 Å². The Morgan fingerprint density at radius 2 is 1.83 bits per heavy atom. The van der Waals surface area contributed by atoms with Crippen LogP contribution in [-0.4, -0.2) is 65.9 Å². The smallest absolute Gasteiger partial charge is 0.270 e. The molecule has 2 aliphatic rings. The van der Waals surface area contributed by atoms with Crippen molar-refractivity contribution in [1.29, 1.82) is 0 Å². The van der Waals surface area contributed by atoms with Crippen molar-refractivity contribution < 1.29 is 40.3 Å². The fraction of sp³-hybridized carbons (Fsp3) is 0.556. The third kappa shape index (κ3) is 7.70. The third-order valence-electron chi connectivity index (χ3n) is 8.18. The number of alkyl halides is 6. The van der Waals surface area contributed by atoms with Crippen molar-refractivity contribution in [2.45, 2.75) is 81.8 Å². The van der Waals surface area contributed by atoms with E-state index in [1.54, 1.807) is 0 Å². The zero-order chi connectivity index (χ0) is 33.4. The van der Waals surface area contributed by atoms with Gasteiger partial charge in [-0.3, -0.25) is 23.7 Å². The molecule has 2 atom stereocenters. The molecular formula is C27H28ClF7N8O3. The number of aromatic amines is 1. The van der Waals surface area contributed by atoms with Gasteiger partial charge < -0.3 is 10.6 Å². The maximum absolute atomic E-state index is 15.0. The van der Waals surface area contributed by atoms with Gasteiger partial charge in [0.1, 0.15) is 22.6 Å². The fourth-order valence-electron chi connectivity index (χ4n) is 5.85. The van der Waals surface area contributed by atoms with Gasteiger partial charge in [-0.1, -0.05) is 11.6 Å². The van der Waals surface area contributed by atoms with Crippen molar-refractivity contribution in [1.82, 2.24) is 35.1 Å². The van der Waals surface area contributed by atoms with Crippen LogP contribution < -0.4 is 16.2 Å². The Balaban J connectivity index is 1.37. The number of carbonyl (C=O) groups is 2. The second-order valence-corrected chi connectivity index (χ2v) is 12.0. The zero-order valence-corrected chi connectivity index (χ0v) is 24.6. The summed E-state index contributed by atoms with van der Waals surface area (Å²) < 4.78 is 98.4. The fourth-order valence-corrected chi connectivity index (χ4v) is 6.01. The summed E-state index contributed by atoms with van der Waals surface area (Å²) in [7, 11) is 0. The van der Waals surface area contributed by atoms with Crippen LogP contribution >= 0.6 is 11.6 Å². The van der Waals surface area contributed by atoms with Crippen LogP contribution in [0.25, 0.3) is 0 Å². The van der Waals surface area contributed by atoms with Crippen LogP contribution in [0.4, 0.5) is 36.4 Å². The molecule has 46 heavy (non-hydrogen) atoms. The summed E-state index contributed by atoms with van der Waals surface area (Å²) >= 11 is 5.80. The molecule has 2 fully saturated rings. The maximum Gasteiger partial charge on any atom is 0.270 e. The van der Waals surface area contributed by atoms with Gasteiger partial charge in [0.25, 0.3) is 17.4 Å². The number of rotatable bonds is 11. The Bertz CT molecular complexity index is 1630. The van der Waals surface area contributed by atoms with Gasteiger partial charge >= 0.3 is 0 Å². The van der Waals surface area contributed by atoms with E-state index in [1.165, 1.54) is 16.9 Å². The van der Waals surface area contributed by atoms with E-state index in [1.807, 2.05) is 5.10 Å². The van der Waals surface area contributed by atoms with E-state index in [9.17, 15) is 40.7 Å². The number of anilines is 1. The molecule has 3 aromatic heterocycles. The van der Waals surface area contributed by atoms with Crippen molar-refractivity contribution >= 4 is 29.1 Å². The topological polar surface area (TPSA) is 140 Å². The lowest BCUT2D eigenvalue weighted by Gasteiger charge is -2.35. The van der Waals surface area contributed by atoms with E-state index < -0.39 is 90.5 Å². The molecule has 2 aliphatic carbocycles. The Morgan fingerprint density at radius 3 is 2.48 bits per heavy atom. The average molecular weight is 681 g/mol. The molecule has 0 aromatic carbocycles. The number of hydrogen-bond acceptors (Lipinski definition) is 6. The van der Waals surface area contributed by atoms with Gasteiger partial charge in [0.05, 0.1) is 12.2 Å². The number of nitrogens with zero attached hydrogens (tertiary/aromatic N) is 5. The number of amides is 2. The first-order valence-electron chi connectivity index (χ1n) is 14.3. The van der Waals surface area contributed by atoms with Crippen molar-refractivity contribution in [2.75, 3.05) is 5.32 Å². The lowest BCUT2D eigenvalue weighted by Crippen LogP contribution is -2.50. The van der Waals surface area contributed by atoms with Crippen LogP contribution in [0.1, 0.15) is 67.0 Å². The highest BCUT2D eigenvalue weighted by Gasteiger charge is 2.46. The van der Waals surface area contributed by atoms with E-state index in [-0.39, 0.29) is 48.6 Å². The molecule has 3 heterocycles. The second-order valence-electron chi connectivity index (χ2n) is 11.6. The van der Waals surface area contributed by atoms with Crippen molar-refractivity contribution in [3.8, 4) is 0 Å². The number of carbonyl (C=O) groups excluding carboxylic acids is 2. The molecular weight excluding hydrogens is 653 g/mol. The van der Waals surface area contributed by atoms with Gasteiger partial charge in [-0.15, -0.1) is 5.10 Å². The molecule has 3 N–H and O–H groups in total. The largest absolute Gasteiger partial charge is 0.339 e. The molecule has 2 saturated carbocycles. The molecule has 0 radical (unpaired) electrons. The number of H-pyrrole nitrogens is 1. The minimum Gasteiger partial charge on any atom is -0.339 e. The molecule has 19 heteroatoms.